The second-order valence-corrected chi connectivity index (χ2v) is 9.01. The van der Waals surface area contributed by atoms with Crippen LogP contribution in [-0.2, 0) is 28.4 Å². The number of amides is 1. The predicted octanol–water partition coefficient (Wildman–Crippen LogP) is 3.40. The molecule has 0 saturated carbocycles. The molecule has 12 heteroatoms. The first-order chi connectivity index (χ1) is 15.5. The van der Waals surface area contributed by atoms with Crippen LogP contribution in [0.3, 0.4) is 0 Å². The molecule has 0 atom stereocenters. The molecule has 0 aliphatic heterocycles. The highest BCUT2D eigenvalue weighted by Gasteiger charge is 2.26. The van der Waals surface area contributed by atoms with Crippen molar-refractivity contribution in [2.45, 2.75) is 20.5 Å². The van der Waals surface area contributed by atoms with Gasteiger partial charge < -0.3 is 9.30 Å². The number of carbonyl (C=O) groups excluding carboxylic acids is 2. The molecule has 33 heavy (non-hydrogen) atoms. The first kappa shape index (κ1) is 24.4. The van der Waals surface area contributed by atoms with E-state index in [1.54, 1.807) is 61.5 Å². The second kappa shape index (κ2) is 9.69. The second-order valence-electron chi connectivity index (χ2n) is 7.06. The minimum atomic E-state index is -4.74. The maximum Gasteiger partial charge on any atom is 0.441 e. The number of carbonyl (C=O) groups is 2. The Bertz CT molecular complexity index is 1330. The molecule has 174 valence electrons. The van der Waals surface area contributed by atoms with E-state index in [0.29, 0.717) is 22.6 Å². The lowest BCUT2D eigenvalue weighted by atomic mass is 10.1. The van der Waals surface area contributed by atoms with Crippen molar-refractivity contribution in [2.75, 3.05) is 0 Å². The molecule has 2 aromatic carbocycles. The standard InChI is InChI=1S/C21H20ClFN4O5S/c1-12-19(24-13(2)27(12)3)15-9-16(18(23)17(22)10-15)20(28)25-26-33(30,31)21(29)32-11-14-7-5-4-6-8-14/h4-10,26H,11H2,1-3H3,(H,25,28). The Morgan fingerprint density at radius 1 is 1.18 bits per heavy atom. The number of aromatic nitrogens is 2. The molecule has 0 aliphatic carbocycles. The van der Waals surface area contributed by atoms with Crippen LogP contribution in [0.1, 0.15) is 27.4 Å². The number of hydrogen-bond acceptors (Lipinski definition) is 6. The van der Waals surface area contributed by atoms with Gasteiger partial charge in [0.15, 0.2) is 5.82 Å². The van der Waals surface area contributed by atoms with Crippen LogP contribution in [0.2, 0.25) is 5.02 Å². The van der Waals surface area contributed by atoms with E-state index in [4.69, 9.17) is 16.3 Å². The third-order valence-corrected chi connectivity index (χ3v) is 6.07. The first-order valence-electron chi connectivity index (χ1n) is 9.53. The molecule has 3 rings (SSSR count). The van der Waals surface area contributed by atoms with Gasteiger partial charge in [-0.3, -0.25) is 10.2 Å². The van der Waals surface area contributed by atoms with Crippen molar-refractivity contribution in [3.63, 3.8) is 0 Å². The molecular weight excluding hydrogens is 475 g/mol. The van der Waals surface area contributed by atoms with E-state index in [-0.39, 0.29) is 11.6 Å². The molecule has 3 aromatic rings. The van der Waals surface area contributed by atoms with Gasteiger partial charge in [-0.05, 0) is 31.5 Å². The average Bonchev–Trinajstić information content (AvgIpc) is 3.05. The third-order valence-electron chi connectivity index (χ3n) is 4.87. The molecular formula is C21H20ClFN4O5S. The summed E-state index contributed by atoms with van der Waals surface area (Å²) in [4.78, 5) is 30.4. The summed E-state index contributed by atoms with van der Waals surface area (Å²) in [6.07, 6.45) is 0. The Labute approximate surface area is 194 Å². The fraction of sp³-hybridized carbons (Fsp3) is 0.190. The zero-order valence-corrected chi connectivity index (χ0v) is 19.4. The van der Waals surface area contributed by atoms with Gasteiger partial charge in [0.25, 0.3) is 5.91 Å². The fourth-order valence-corrected chi connectivity index (χ4v) is 3.64. The van der Waals surface area contributed by atoms with Gasteiger partial charge in [-0.1, -0.05) is 41.9 Å². The molecule has 0 radical (unpaired) electrons. The average molecular weight is 495 g/mol. The molecule has 0 unspecified atom stereocenters. The van der Waals surface area contributed by atoms with Crippen molar-refractivity contribution >= 4 is 32.8 Å². The van der Waals surface area contributed by atoms with E-state index in [2.05, 4.69) is 4.98 Å². The highest BCUT2D eigenvalue weighted by atomic mass is 35.5. The van der Waals surface area contributed by atoms with Gasteiger partial charge in [0.2, 0.25) is 0 Å². The molecule has 1 heterocycles. The van der Waals surface area contributed by atoms with Crippen molar-refractivity contribution < 1.29 is 27.1 Å². The van der Waals surface area contributed by atoms with Crippen LogP contribution < -0.4 is 10.3 Å². The smallest absolute Gasteiger partial charge is 0.441 e. The van der Waals surface area contributed by atoms with E-state index in [1.807, 2.05) is 4.57 Å². The van der Waals surface area contributed by atoms with E-state index in [0.717, 1.165) is 5.69 Å². The molecule has 9 nitrogen and oxygen atoms in total. The lowest BCUT2D eigenvalue weighted by Gasteiger charge is -2.11. The van der Waals surface area contributed by atoms with Gasteiger partial charge in [-0.15, -0.1) is 4.83 Å². The number of hydrogen-bond donors (Lipinski definition) is 2. The van der Waals surface area contributed by atoms with Crippen LogP contribution in [0.5, 0.6) is 0 Å². The molecule has 0 aliphatic rings. The third kappa shape index (κ3) is 5.38. The summed E-state index contributed by atoms with van der Waals surface area (Å²) in [7, 11) is -2.94. The van der Waals surface area contributed by atoms with E-state index in [1.165, 1.54) is 12.1 Å². The van der Waals surface area contributed by atoms with Crippen LogP contribution in [0.4, 0.5) is 9.18 Å². The Kier molecular flexibility index (Phi) is 7.15. The van der Waals surface area contributed by atoms with Gasteiger partial charge in [0, 0.05) is 18.3 Å². The molecule has 0 bridgehead atoms. The summed E-state index contributed by atoms with van der Waals surface area (Å²) in [5, 5.41) is -1.97. The van der Waals surface area contributed by atoms with Crippen molar-refractivity contribution in [1.82, 2.24) is 19.8 Å². The zero-order chi connectivity index (χ0) is 24.3. The zero-order valence-electron chi connectivity index (χ0n) is 17.8. The van der Waals surface area contributed by atoms with E-state index in [9.17, 15) is 22.4 Å². The number of nitrogens with one attached hydrogen (secondary N) is 2. The van der Waals surface area contributed by atoms with Crippen molar-refractivity contribution in [2.24, 2.45) is 7.05 Å². The fourth-order valence-electron chi connectivity index (χ4n) is 2.90. The van der Waals surface area contributed by atoms with E-state index >= 15 is 0 Å². The highest BCUT2D eigenvalue weighted by molar-refractivity contribution is 8.03. The maximum absolute atomic E-state index is 14.5. The maximum atomic E-state index is 14.5. The van der Waals surface area contributed by atoms with Crippen LogP contribution in [-0.4, -0.2) is 29.2 Å². The molecule has 0 fully saturated rings. The number of rotatable bonds is 6. The number of hydrazine groups is 1. The lowest BCUT2D eigenvalue weighted by Crippen LogP contribution is -2.44. The number of benzene rings is 2. The molecule has 1 aromatic heterocycles. The van der Waals surface area contributed by atoms with Crippen LogP contribution >= 0.6 is 11.6 Å². The predicted molar refractivity (Wildman–Crippen MR) is 119 cm³/mol. The lowest BCUT2D eigenvalue weighted by molar-refractivity contribution is 0.0941. The Hall–Kier alpha value is -3.28. The SMILES string of the molecule is Cc1nc(-c2cc(Cl)c(F)c(C(=O)NNS(=O)(=O)C(=O)OCc3ccccc3)c2)c(C)n1C. The van der Waals surface area contributed by atoms with Crippen molar-refractivity contribution in [3.05, 3.63) is 75.9 Å². The normalized spacial score (nSPS) is 11.3. The summed E-state index contributed by atoms with van der Waals surface area (Å²) in [5.74, 6) is -1.54. The number of aryl methyl sites for hydroxylation is 1. The first-order valence-corrected chi connectivity index (χ1v) is 11.4. The Balaban J connectivity index is 1.75. The topological polar surface area (TPSA) is 119 Å². The van der Waals surface area contributed by atoms with Crippen LogP contribution in [0, 0.1) is 19.7 Å². The van der Waals surface area contributed by atoms with Crippen molar-refractivity contribution in [3.8, 4) is 11.3 Å². The van der Waals surface area contributed by atoms with Gasteiger partial charge in [0.1, 0.15) is 12.4 Å². The largest absolute Gasteiger partial charge is 0.448 e. The Morgan fingerprint density at radius 2 is 1.85 bits per heavy atom. The summed E-state index contributed by atoms with van der Waals surface area (Å²) in [5.41, 5.74) is 3.42. The van der Waals surface area contributed by atoms with E-state index < -0.39 is 32.6 Å². The van der Waals surface area contributed by atoms with Crippen molar-refractivity contribution in [1.29, 1.82) is 0 Å². The number of nitrogens with zero attached hydrogens (tertiary/aromatic N) is 2. The number of sulfonamides is 1. The molecule has 1 amide bonds. The minimum Gasteiger partial charge on any atom is -0.448 e. The Morgan fingerprint density at radius 3 is 2.45 bits per heavy atom. The number of imidazole rings is 1. The van der Waals surface area contributed by atoms with Crippen LogP contribution in [0.15, 0.2) is 42.5 Å². The number of ether oxygens (including phenoxy) is 1. The summed E-state index contributed by atoms with van der Waals surface area (Å²) < 4.78 is 45.2. The van der Waals surface area contributed by atoms with Gasteiger partial charge in [-0.2, -0.15) is 8.42 Å². The quantitative estimate of drug-likeness (QED) is 0.400. The van der Waals surface area contributed by atoms with Gasteiger partial charge in [-0.25, -0.2) is 14.2 Å². The molecule has 0 saturated heterocycles. The van der Waals surface area contributed by atoms with Gasteiger partial charge in [0.05, 0.1) is 16.3 Å². The minimum absolute atomic E-state index is 0.288. The summed E-state index contributed by atoms with van der Waals surface area (Å²) in [6, 6.07) is 10.9. The molecule has 2 N–H and O–H groups in total. The number of halogens is 2. The highest BCUT2D eigenvalue weighted by Crippen LogP contribution is 2.29. The van der Waals surface area contributed by atoms with Gasteiger partial charge >= 0.3 is 15.3 Å². The molecule has 0 spiro atoms. The van der Waals surface area contributed by atoms with Crippen LogP contribution in [0.25, 0.3) is 11.3 Å². The summed E-state index contributed by atoms with van der Waals surface area (Å²) in [6.45, 7) is 3.28. The monoisotopic (exact) mass is 494 g/mol. The summed E-state index contributed by atoms with van der Waals surface area (Å²) >= 11 is 5.95.